The van der Waals surface area contributed by atoms with E-state index in [4.69, 9.17) is 16.6 Å². The van der Waals surface area contributed by atoms with E-state index in [1.54, 1.807) is 18.5 Å². The molecule has 4 heterocycles. The highest BCUT2D eigenvalue weighted by atomic mass is 35.5. The molecule has 0 saturated carbocycles. The Balaban J connectivity index is 1.68. The summed E-state index contributed by atoms with van der Waals surface area (Å²) in [4.78, 5) is 19.8. The summed E-state index contributed by atoms with van der Waals surface area (Å²) in [5.74, 6) is 0.286. The molecule has 27 heavy (non-hydrogen) atoms. The number of rotatable bonds is 2. The van der Waals surface area contributed by atoms with Crippen molar-refractivity contribution in [3.63, 3.8) is 0 Å². The van der Waals surface area contributed by atoms with E-state index in [1.807, 2.05) is 29.2 Å². The molecule has 4 aromatic rings. The van der Waals surface area contributed by atoms with Crippen LogP contribution in [0.2, 0.25) is 5.02 Å². The fraction of sp³-hybridized carbons (Fsp3) is 0.100. The second-order valence-corrected chi connectivity index (χ2v) is 6.71. The molecule has 5 nitrogen and oxygen atoms in total. The second-order valence-electron chi connectivity index (χ2n) is 6.30. The number of benzene rings is 1. The van der Waals surface area contributed by atoms with E-state index in [2.05, 4.69) is 15.0 Å². The molecular formula is C20H13ClFN5. The van der Waals surface area contributed by atoms with Gasteiger partial charge in [-0.3, -0.25) is 4.98 Å². The Morgan fingerprint density at radius 1 is 1.11 bits per heavy atom. The quantitative estimate of drug-likeness (QED) is 0.512. The van der Waals surface area contributed by atoms with Gasteiger partial charge in [-0.25, -0.2) is 19.3 Å². The fourth-order valence-electron chi connectivity index (χ4n) is 3.40. The number of aromatic nitrogens is 4. The molecule has 132 valence electrons. The van der Waals surface area contributed by atoms with Crippen molar-refractivity contribution in [2.75, 3.05) is 11.4 Å². The summed E-state index contributed by atoms with van der Waals surface area (Å²) >= 11 is 6.01. The van der Waals surface area contributed by atoms with E-state index in [1.165, 1.54) is 12.4 Å². The van der Waals surface area contributed by atoms with E-state index >= 15 is 0 Å². The maximum atomic E-state index is 13.8. The standard InChI is InChI=1S/C20H13ClFN5/c21-14-9-18-12(8-15(14)22)5-7-27(18)20-19-17(24-11-25-20)4-3-16(26-19)13-2-1-6-23-10-13/h1-4,6,8-11H,5,7H2. The summed E-state index contributed by atoms with van der Waals surface area (Å²) in [5, 5.41) is 0.100. The molecule has 1 aliphatic rings. The highest BCUT2D eigenvalue weighted by Crippen LogP contribution is 2.38. The van der Waals surface area contributed by atoms with Crippen LogP contribution in [0.5, 0.6) is 0 Å². The molecule has 1 aromatic carbocycles. The lowest BCUT2D eigenvalue weighted by atomic mass is 10.1. The van der Waals surface area contributed by atoms with Crippen LogP contribution in [0.4, 0.5) is 15.9 Å². The number of fused-ring (bicyclic) bond motifs is 2. The summed E-state index contributed by atoms with van der Waals surface area (Å²) in [6.45, 7) is 0.681. The molecule has 0 radical (unpaired) electrons. The molecule has 3 aromatic heterocycles. The van der Waals surface area contributed by atoms with Gasteiger partial charge in [0.1, 0.15) is 17.7 Å². The average molecular weight is 378 g/mol. The van der Waals surface area contributed by atoms with Crippen LogP contribution in [0.1, 0.15) is 5.56 Å². The molecule has 1 aliphatic heterocycles. The third-order valence-corrected chi connectivity index (χ3v) is 4.98. The number of hydrogen-bond donors (Lipinski definition) is 0. The molecule has 0 spiro atoms. The predicted octanol–water partition coefficient (Wildman–Crippen LogP) is 4.57. The Labute approximate surface area is 159 Å². The van der Waals surface area contributed by atoms with Crippen LogP contribution in [0, 0.1) is 5.82 Å². The van der Waals surface area contributed by atoms with Crippen molar-refractivity contribution < 1.29 is 4.39 Å². The van der Waals surface area contributed by atoms with Gasteiger partial charge in [-0.05, 0) is 48.4 Å². The largest absolute Gasteiger partial charge is 0.324 e. The first-order valence-electron chi connectivity index (χ1n) is 8.48. The Hall–Kier alpha value is -3.12. The van der Waals surface area contributed by atoms with Crippen LogP contribution in [0.15, 0.2) is 55.1 Å². The summed E-state index contributed by atoms with van der Waals surface area (Å²) in [6, 6.07) is 10.8. The van der Waals surface area contributed by atoms with E-state index in [9.17, 15) is 4.39 Å². The molecule has 0 atom stereocenters. The summed E-state index contributed by atoms with van der Waals surface area (Å²) in [7, 11) is 0. The number of nitrogens with zero attached hydrogens (tertiary/aromatic N) is 5. The van der Waals surface area contributed by atoms with E-state index in [-0.39, 0.29) is 5.02 Å². The van der Waals surface area contributed by atoms with Gasteiger partial charge in [0, 0.05) is 30.2 Å². The lowest BCUT2D eigenvalue weighted by Gasteiger charge is -2.19. The van der Waals surface area contributed by atoms with Gasteiger partial charge in [0.05, 0.1) is 16.2 Å². The van der Waals surface area contributed by atoms with Crippen molar-refractivity contribution in [2.45, 2.75) is 6.42 Å². The summed E-state index contributed by atoms with van der Waals surface area (Å²) in [6.07, 6.45) is 5.73. The molecular weight excluding hydrogens is 365 g/mol. The van der Waals surface area contributed by atoms with Gasteiger partial charge in [0.15, 0.2) is 5.82 Å². The maximum absolute atomic E-state index is 13.8. The first-order chi connectivity index (χ1) is 13.2. The molecule has 0 unspecified atom stereocenters. The highest BCUT2D eigenvalue weighted by molar-refractivity contribution is 6.31. The third kappa shape index (κ3) is 2.69. The fourth-order valence-corrected chi connectivity index (χ4v) is 3.56. The molecule has 0 saturated heterocycles. The SMILES string of the molecule is Fc1cc2c(cc1Cl)N(c1ncnc3ccc(-c4cccnc4)nc13)CC2. The zero-order valence-corrected chi connectivity index (χ0v) is 14.9. The zero-order valence-electron chi connectivity index (χ0n) is 14.1. The topological polar surface area (TPSA) is 54.8 Å². The smallest absolute Gasteiger partial charge is 0.163 e. The molecule has 0 bridgehead atoms. The van der Waals surface area contributed by atoms with Gasteiger partial charge >= 0.3 is 0 Å². The first kappa shape index (κ1) is 16.1. The minimum Gasteiger partial charge on any atom is -0.324 e. The molecule has 7 heteroatoms. The highest BCUT2D eigenvalue weighted by Gasteiger charge is 2.25. The Bertz CT molecular complexity index is 1170. The monoisotopic (exact) mass is 377 g/mol. The van der Waals surface area contributed by atoms with Gasteiger partial charge < -0.3 is 4.90 Å². The van der Waals surface area contributed by atoms with Gasteiger partial charge in [-0.2, -0.15) is 0 Å². The van der Waals surface area contributed by atoms with Gasteiger partial charge in [0.25, 0.3) is 0 Å². The van der Waals surface area contributed by atoms with Crippen molar-refractivity contribution in [2.24, 2.45) is 0 Å². The minimum absolute atomic E-state index is 0.100. The van der Waals surface area contributed by atoms with Crippen molar-refractivity contribution >= 4 is 34.1 Å². The molecule has 5 rings (SSSR count). The minimum atomic E-state index is -0.401. The average Bonchev–Trinajstić information content (AvgIpc) is 3.10. The van der Waals surface area contributed by atoms with Crippen LogP contribution in [0.25, 0.3) is 22.3 Å². The summed E-state index contributed by atoms with van der Waals surface area (Å²) < 4.78 is 13.8. The van der Waals surface area contributed by atoms with E-state index in [0.717, 1.165) is 34.4 Å². The van der Waals surface area contributed by atoms with E-state index < -0.39 is 5.82 Å². The van der Waals surface area contributed by atoms with Crippen LogP contribution >= 0.6 is 11.6 Å². The lowest BCUT2D eigenvalue weighted by molar-refractivity contribution is 0.627. The number of anilines is 2. The van der Waals surface area contributed by atoms with E-state index in [0.29, 0.717) is 17.9 Å². The predicted molar refractivity (Wildman–Crippen MR) is 103 cm³/mol. The van der Waals surface area contributed by atoms with Gasteiger partial charge in [-0.1, -0.05) is 11.6 Å². The molecule has 0 N–H and O–H groups in total. The van der Waals surface area contributed by atoms with Crippen LogP contribution in [-0.2, 0) is 6.42 Å². The Morgan fingerprint density at radius 3 is 2.89 bits per heavy atom. The first-order valence-corrected chi connectivity index (χ1v) is 8.86. The zero-order chi connectivity index (χ0) is 18.4. The van der Waals surface area contributed by atoms with Crippen molar-refractivity contribution in [3.8, 4) is 11.3 Å². The van der Waals surface area contributed by atoms with Crippen molar-refractivity contribution in [3.05, 3.63) is 71.5 Å². The molecule has 0 fully saturated rings. The van der Waals surface area contributed by atoms with Crippen molar-refractivity contribution in [1.29, 1.82) is 0 Å². The third-order valence-electron chi connectivity index (χ3n) is 4.69. The number of pyridine rings is 2. The van der Waals surface area contributed by atoms with Gasteiger partial charge in [0.2, 0.25) is 0 Å². The molecule has 0 aliphatic carbocycles. The van der Waals surface area contributed by atoms with Crippen molar-refractivity contribution in [1.82, 2.24) is 19.9 Å². The maximum Gasteiger partial charge on any atom is 0.163 e. The Kier molecular flexibility index (Phi) is 3.72. The molecule has 0 amide bonds. The van der Waals surface area contributed by atoms with Gasteiger partial charge in [-0.15, -0.1) is 0 Å². The number of hydrogen-bond acceptors (Lipinski definition) is 5. The summed E-state index contributed by atoms with van der Waals surface area (Å²) in [5.41, 5.74) is 4.91. The van der Waals surface area contributed by atoms with Crippen LogP contribution < -0.4 is 4.90 Å². The van der Waals surface area contributed by atoms with Crippen LogP contribution in [-0.4, -0.2) is 26.5 Å². The number of halogens is 2. The second kappa shape index (κ2) is 6.25. The lowest BCUT2D eigenvalue weighted by Crippen LogP contribution is -2.16. The Morgan fingerprint density at radius 2 is 2.04 bits per heavy atom. The normalized spacial score (nSPS) is 13.2. The van der Waals surface area contributed by atoms with Crippen LogP contribution in [0.3, 0.4) is 0 Å².